The summed E-state index contributed by atoms with van der Waals surface area (Å²) < 4.78 is 36.2. The van der Waals surface area contributed by atoms with Gasteiger partial charge in [0.1, 0.15) is 16.3 Å². The van der Waals surface area contributed by atoms with Gasteiger partial charge in [-0.05, 0) is 46.3 Å². The van der Waals surface area contributed by atoms with Gasteiger partial charge in [-0.25, -0.2) is 8.42 Å². The first kappa shape index (κ1) is 14.2. The minimum atomic E-state index is -3.75. The lowest BCUT2D eigenvalue weighted by Gasteiger charge is -2.10. The second-order valence-corrected chi connectivity index (χ2v) is 7.26. The quantitative estimate of drug-likeness (QED) is 0.675. The van der Waals surface area contributed by atoms with Gasteiger partial charge in [0.2, 0.25) is 0 Å². The van der Waals surface area contributed by atoms with E-state index in [0.29, 0.717) is 27.2 Å². The zero-order valence-corrected chi connectivity index (χ0v) is 13.7. The van der Waals surface area contributed by atoms with E-state index in [0.717, 1.165) is 11.4 Å². The molecule has 0 saturated heterocycles. The Kier molecular flexibility index (Phi) is 3.56. The van der Waals surface area contributed by atoms with Gasteiger partial charge in [-0.2, -0.15) is 8.73 Å². The van der Waals surface area contributed by atoms with Crippen molar-refractivity contribution in [3.8, 4) is 0 Å². The number of nitrogens with one attached hydrogen (secondary N) is 1. The maximum absolute atomic E-state index is 12.5. The molecule has 0 bridgehead atoms. The van der Waals surface area contributed by atoms with Crippen molar-refractivity contribution in [2.24, 2.45) is 8.73 Å². The van der Waals surface area contributed by atoms with Gasteiger partial charge < -0.3 is 5.73 Å². The third-order valence-electron chi connectivity index (χ3n) is 2.79. The number of fused-ring (bicyclic) bond motifs is 1. The van der Waals surface area contributed by atoms with E-state index in [1.165, 1.54) is 6.07 Å². The molecule has 0 spiro atoms. The number of nitrogen functional groups attached to an aromatic ring is 1. The van der Waals surface area contributed by atoms with Crippen molar-refractivity contribution in [1.82, 2.24) is 0 Å². The summed E-state index contributed by atoms with van der Waals surface area (Å²) in [5.41, 5.74) is 7.55. The molecule has 0 amide bonds. The van der Waals surface area contributed by atoms with E-state index in [1.807, 2.05) is 0 Å². The van der Waals surface area contributed by atoms with Gasteiger partial charge in [0.25, 0.3) is 10.0 Å². The van der Waals surface area contributed by atoms with Crippen LogP contribution in [0.25, 0.3) is 0 Å². The zero-order chi connectivity index (χ0) is 15.0. The van der Waals surface area contributed by atoms with E-state index in [9.17, 15) is 8.42 Å². The average molecular weight is 385 g/mol. The highest BCUT2D eigenvalue weighted by molar-refractivity contribution is 9.10. The summed E-state index contributed by atoms with van der Waals surface area (Å²) in [5.74, 6) is 0. The van der Waals surface area contributed by atoms with Crippen LogP contribution in [0, 0.1) is 0 Å². The fraction of sp³-hybridized carbons (Fsp3) is 0. The Morgan fingerprint density at radius 3 is 2.76 bits per heavy atom. The molecular weight excluding hydrogens is 376 g/mol. The number of nitrogens with zero attached hydrogens (tertiary/aromatic N) is 2. The summed E-state index contributed by atoms with van der Waals surface area (Å²) in [6.07, 6.45) is 0. The van der Waals surface area contributed by atoms with E-state index in [-0.39, 0.29) is 4.90 Å². The van der Waals surface area contributed by atoms with Crippen molar-refractivity contribution in [1.29, 1.82) is 0 Å². The number of sulfonamides is 1. The second-order valence-electron chi connectivity index (χ2n) is 4.23. The summed E-state index contributed by atoms with van der Waals surface area (Å²) in [6, 6.07) is 9.67. The van der Waals surface area contributed by atoms with Gasteiger partial charge in [-0.3, -0.25) is 4.72 Å². The average Bonchev–Trinajstić information content (AvgIpc) is 2.90. The highest BCUT2D eigenvalue weighted by atomic mass is 79.9. The molecule has 21 heavy (non-hydrogen) atoms. The minimum absolute atomic E-state index is 0.0988. The van der Waals surface area contributed by atoms with E-state index in [2.05, 4.69) is 29.4 Å². The van der Waals surface area contributed by atoms with Crippen LogP contribution in [0.1, 0.15) is 0 Å². The fourth-order valence-electron chi connectivity index (χ4n) is 1.80. The maximum atomic E-state index is 12.5. The van der Waals surface area contributed by atoms with Gasteiger partial charge in [0.05, 0.1) is 17.0 Å². The molecule has 0 aliphatic carbocycles. The monoisotopic (exact) mass is 384 g/mol. The lowest BCUT2D eigenvalue weighted by Crippen LogP contribution is -2.13. The molecule has 2 aromatic rings. The number of rotatable bonds is 3. The third-order valence-corrected chi connectivity index (χ3v) is 5.43. The Morgan fingerprint density at radius 2 is 2.00 bits per heavy atom. The van der Waals surface area contributed by atoms with Crippen molar-refractivity contribution >= 4 is 60.1 Å². The smallest absolute Gasteiger partial charge is 0.264 e. The summed E-state index contributed by atoms with van der Waals surface area (Å²) in [5, 5.41) is 0. The molecular formula is C12H9BrN4O2S2. The Labute approximate surface area is 133 Å². The lowest BCUT2D eigenvalue weighted by molar-refractivity contribution is 0.601. The Hall–Kier alpha value is -1.71. The van der Waals surface area contributed by atoms with Crippen molar-refractivity contribution in [3.63, 3.8) is 0 Å². The molecule has 0 fully saturated rings. The first-order valence-electron chi connectivity index (χ1n) is 5.76. The third kappa shape index (κ3) is 2.71. The molecule has 1 aliphatic rings. The lowest BCUT2D eigenvalue weighted by atomic mass is 10.3. The summed E-state index contributed by atoms with van der Waals surface area (Å²) >= 11 is 4.24. The molecule has 3 N–H and O–H groups in total. The molecule has 0 aromatic heterocycles. The molecule has 108 valence electrons. The zero-order valence-electron chi connectivity index (χ0n) is 10.4. The van der Waals surface area contributed by atoms with E-state index in [4.69, 9.17) is 5.73 Å². The highest BCUT2D eigenvalue weighted by Gasteiger charge is 2.22. The van der Waals surface area contributed by atoms with Crippen LogP contribution in [0.5, 0.6) is 0 Å². The van der Waals surface area contributed by atoms with Gasteiger partial charge in [0, 0.05) is 10.2 Å². The molecule has 6 nitrogen and oxygen atoms in total. The van der Waals surface area contributed by atoms with Crippen molar-refractivity contribution in [2.45, 2.75) is 4.90 Å². The van der Waals surface area contributed by atoms with Crippen LogP contribution in [0.4, 0.5) is 22.7 Å². The van der Waals surface area contributed by atoms with Crippen LogP contribution >= 0.6 is 15.9 Å². The van der Waals surface area contributed by atoms with E-state index in [1.54, 1.807) is 30.3 Å². The van der Waals surface area contributed by atoms with Crippen LogP contribution in [-0.2, 0) is 21.4 Å². The van der Waals surface area contributed by atoms with Crippen LogP contribution in [0.2, 0.25) is 0 Å². The molecule has 9 heteroatoms. The van der Waals surface area contributed by atoms with Crippen molar-refractivity contribution in [3.05, 3.63) is 40.9 Å². The molecule has 2 aromatic carbocycles. The number of anilines is 2. The second kappa shape index (κ2) is 5.24. The minimum Gasteiger partial charge on any atom is -0.398 e. The molecule has 0 saturated carbocycles. The largest absolute Gasteiger partial charge is 0.398 e. The Morgan fingerprint density at radius 1 is 1.19 bits per heavy atom. The first-order valence-corrected chi connectivity index (χ1v) is 8.77. The molecule has 0 atom stereocenters. The van der Waals surface area contributed by atoms with Crippen LogP contribution in [0.3, 0.4) is 0 Å². The Balaban J connectivity index is 2.00. The molecule has 1 heterocycles. The molecule has 0 unspecified atom stereocenters. The number of halogens is 1. The molecule has 0 radical (unpaired) electrons. The van der Waals surface area contributed by atoms with E-state index >= 15 is 0 Å². The normalized spacial score (nSPS) is 12.8. The summed E-state index contributed by atoms with van der Waals surface area (Å²) in [7, 11) is -3.75. The van der Waals surface area contributed by atoms with Gasteiger partial charge in [-0.15, -0.1) is 0 Å². The topological polar surface area (TPSA) is 96.9 Å². The number of hydrogen-bond donors (Lipinski definition) is 2. The summed E-state index contributed by atoms with van der Waals surface area (Å²) in [4.78, 5) is 0.0988. The first-order chi connectivity index (χ1) is 9.97. The van der Waals surface area contributed by atoms with Gasteiger partial charge in [-0.1, -0.05) is 6.07 Å². The standard InChI is InChI=1S/C12H9BrN4O2S2/c13-8-6-7(4-5-9(8)14)17-21(18,19)11-3-1-2-10-12(11)16-20-15-10/h1-6,17H,14H2. The van der Waals surface area contributed by atoms with Crippen molar-refractivity contribution < 1.29 is 8.42 Å². The number of benzene rings is 2. The summed E-state index contributed by atoms with van der Waals surface area (Å²) in [6.45, 7) is 0. The fourth-order valence-corrected chi connectivity index (χ4v) is 3.99. The maximum Gasteiger partial charge on any atom is 0.264 e. The SMILES string of the molecule is Nc1ccc(NS(=O)(=O)c2cccc3c2N=S=N3)cc1Br. The molecule has 3 rings (SSSR count). The van der Waals surface area contributed by atoms with Crippen molar-refractivity contribution in [2.75, 3.05) is 10.5 Å². The van der Waals surface area contributed by atoms with Crippen LogP contribution < -0.4 is 10.5 Å². The highest BCUT2D eigenvalue weighted by Crippen LogP contribution is 2.38. The number of nitrogens with two attached hydrogens (primary N) is 1. The predicted octanol–water partition coefficient (Wildman–Crippen LogP) is 3.56. The number of hydrogen-bond acceptors (Lipinski definition) is 5. The van der Waals surface area contributed by atoms with Gasteiger partial charge in [0.15, 0.2) is 0 Å². The van der Waals surface area contributed by atoms with Crippen LogP contribution in [0.15, 0.2) is 54.5 Å². The predicted molar refractivity (Wildman–Crippen MR) is 87.3 cm³/mol. The van der Waals surface area contributed by atoms with Gasteiger partial charge >= 0.3 is 0 Å². The van der Waals surface area contributed by atoms with E-state index < -0.39 is 10.0 Å². The Bertz CT molecular complexity index is 905. The van der Waals surface area contributed by atoms with Crippen LogP contribution in [-0.4, -0.2) is 8.42 Å². The molecule has 1 aliphatic heterocycles.